The van der Waals surface area contributed by atoms with Crippen molar-refractivity contribution in [2.24, 2.45) is 0 Å². The van der Waals surface area contributed by atoms with Crippen molar-refractivity contribution < 1.29 is 19.3 Å². The van der Waals surface area contributed by atoms with Gasteiger partial charge in [0.1, 0.15) is 6.10 Å². The molecule has 0 aliphatic carbocycles. The van der Waals surface area contributed by atoms with Gasteiger partial charge in [-0.05, 0) is 30.8 Å². The van der Waals surface area contributed by atoms with E-state index in [1.54, 1.807) is 0 Å². The number of thioether (sulfide) groups is 2. The molecule has 0 aromatic heterocycles. The summed E-state index contributed by atoms with van der Waals surface area (Å²) < 4.78 is 18.0. The molecule has 0 bridgehead atoms. The normalized spacial score (nSPS) is 30.5. The molecule has 4 nitrogen and oxygen atoms in total. The van der Waals surface area contributed by atoms with Crippen LogP contribution < -0.4 is 0 Å². The standard InChI is InChI=1S/C22H32O4S2/c1-3-27-22(28-4-2)14-9-15-24-20(22)13-8-12-19-18(23)16-25-21(26-19)17-10-6-5-7-11-17/h5-8,10-11,13,18-21,23H,3-4,9,12,14-16H2,1-2H3/b13-8-/t18-,19+,20-,21-/m1/s1. The third-order valence-electron chi connectivity index (χ3n) is 5.07. The van der Waals surface area contributed by atoms with Crippen LogP contribution in [0.15, 0.2) is 42.5 Å². The fourth-order valence-corrected chi connectivity index (χ4v) is 6.97. The van der Waals surface area contributed by atoms with Crippen molar-refractivity contribution >= 4 is 23.5 Å². The maximum absolute atomic E-state index is 10.3. The highest BCUT2D eigenvalue weighted by Crippen LogP contribution is 2.47. The minimum atomic E-state index is -0.614. The van der Waals surface area contributed by atoms with Crippen LogP contribution in [0.4, 0.5) is 0 Å². The predicted octanol–water partition coefficient (Wildman–Crippen LogP) is 4.79. The number of rotatable bonds is 8. The Labute approximate surface area is 177 Å². The van der Waals surface area contributed by atoms with Gasteiger partial charge in [0.2, 0.25) is 0 Å². The van der Waals surface area contributed by atoms with Crippen LogP contribution in [0.1, 0.15) is 45.0 Å². The lowest BCUT2D eigenvalue weighted by Gasteiger charge is -2.41. The van der Waals surface area contributed by atoms with Gasteiger partial charge in [0.05, 0.1) is 22.9 Å². The van der Waals surface area contributed by atoms with Gasteiger partial charge in [-0.15, -0.1) is 23.5 Å². The molecule has 1 N–H and O–H groups in total. The van der Waals surface area contributed by atoms with Gasteiger partial charge in [0.25, 0.3) is 0 Å². The molecule has 0 unspecified atom stereocenters. The van der Waals surface area contributed by atoms with E-state index in [1.807, 2.05) is 53.9 Å². The lowest BCUT2D eigenvalue weighted by Crippen LogP contribution is -2.42. The van der Waals surface area contributed by atoms with Crippen molar-refractivity contribution in [3.05, 3.63) is 48.0 Å². The first-order chi connectivity index (χ1) is 13.7. The van der Waals surface area contributed by atoms with E-state index in [2.05, 4.69) is 26.0 Å². The molecule has 1 aromatic rings. The van der Waals surface area contributed by atoms with Crippen LogP contribution >= 0.6 is 23.5 Å². The van der Waals surface area contributed by atoms with Gasteiger partial charge in [0, 0.05) is 12.2 Å². The molecule has 0 spiro atoms. The third kappa shape index (κ3) is 5.55. The van der Waals surface area contributed by atoms with E-state index in [4.69, 9.17) is 14.2 Å². The first kappa shape index (κ1) is 22.2. The van der Waals surface area contributed by atoms with Gasteiger partial charge < -0.3 is 19.3 Å². The van der Waals surface area contributed by atoms with Gasteiger partial charge >= 0.3 is 0 Å². The van der Waals surface area contributed by atoms with Crippen LogP contribution in [0, 0.1) is 0 Å². The van der Waals surface area contributed by atoms with Gasteiger partial charge in [0.15, 0.2) is 6.29 Å². The van der Waals surface area contributed by atoms with Crippen molar-refractivity contribution in [3.8, 4) is 0 Å². The summed E-state index contributed by atoms with van der Waals surface area (Å²) in [5.74, 6) is 2.17. The van der Waals surface area contributed by atoms with Crippen LogP contribution in [-0.4, -0.2) is 52.2 Å². The molecule has 2 aliphatic rings. The van der Waals surface area contributed by atoms with E-state index in [9.17, 15) is 5.11 Å². The number of aliphatic hydroxyl groups excluding tert-OH is 1. The molecule has 0 radical (unpaired) electrons. The van der Waals surface area contributed by atoms with Crippen LogP contribution in [-0.2, 0) is 14.2 Å². The SMILES string of the molecule is CCSC1(SCC)CCCO[C@@H]1/C=C\C[C@@H]1O[C@H](c2ccccc2)OC[C@H]1O. The summed E-state index contributed by atoms with van der Waals surface area (Å²) in [5, 5.41) is 10.3. The van der Waals surface area contributed by atoms with Crippen molar-refractivity contribution in [3.63, 3.8) is 0 Å². The molecular formula is C22H32O4S2. The molecule has 0 amide bonds. The lowest BCUT2D eigenvalue weighted by atomic mass is 10.0. The van der Waals surface area contributed by atoms with Crippen LogP contribution in [0.2, 0.25) is 0 Å². The molecule has 2 fully saturated rings. The quantitative estimate of drug-likeness (QED) is 0.478. The van der Waals surface area contributed by atoms with E-state index in [0.29, 0.717) is 13.0 Å². The fraction of sp³-hybridized carbons (Fsp3) is 0.636. The second-order valence-electron chi connectivity index (χ2n) is 7.05. The first-order valence-electron chi connectivity index (χ1n) is 10.2. The Kier molecular flexibility index (Phi) is 8.75. The Balaban J connectivity index is 1.62. The molecule has 1 aromatic carbocycles. The predicted molar refractivity (Wildman–Crippen MR) is 118 cm³/mol. The van der Waals surface area contributed by atoms with Crippen LogP contribution in [0.3, 0.4) is 0 Å². The third-order valence-corrected chi connectivity index (χ3v) is 8.21. The summed E-state index contributed by atoms with van der Waals surface area (Å²) in [6, 6.07) is 9.89. The highest BCUT2D eigenvalue weighted by Gasteiger charge is 2.41. The van der Waals surface area contributed by atoms with Crippen LogP contribution in [0.25, 0.3) is 0 Å². The minimum Gasteiger partial charge on any atom is -0.388 e. The summed E-state index contributed by atoms with van der Waals surface area (Å²) in [5.41, 5.74) is 0.983. The monoisotopic (exact) mass is 424 g/mol. The molecule has 2 aliphatic heterocycles. The maximum Gasteiger partial charge on any atom is 0.184 e. The van der Waals surface area contributed by atoms with Crippen molar-refractivity contribution in [1.82, 2.24) is 0 Å². The zero-order chi connectivity index (χ0) is 19.8. The average molecular weight is 425 g/mol. The summed E-state index contributed by atoms with van der Waals surface area (Å²) in [6.45, 7) is 5.54. The highest BCUT2D eigenvalue weighted by atomic mass is 32.2. The molecule has 156 valence electrons. The van der Waals surface area contributed by atoms with Crippen molar-refractivity contribution in [1.29, 1.82) is 0 Å². The topological polar surface area (TPSA) is 47.9 Å². The highest BCUT2D eigenvalue weighted by molar-refractivity contribution is 8.18. The molecule has 6 heteroatoms. The van der Waals surface area contributed by atoms with E-state index < -0.39 is 12.4 Å². The van der Waals surface area contributed by atoms with Crippen molar-refractivity contribution in [2.75, 3.05) is 24.7 Å². The zero-order valence-electron chi connectivity index (χ0n) is 16.8. The molecule has 4 atom stereocenters. The summed E-state index contributed by atoms with van der Waals surface area (Å²) in [6.07, 6.45) is 6.04. The number of benzene rings is 1. The first-order valence-corrected chi connectivity index (χ1v) is 12.2. The smallest absolute Gasteiger partial charge is 0.184 e. The summed E-state index contributed by atoms with van der Waals surface area (Å²) >= 11 is 4.01. The summed E-state index contributed by atoms with van der Waals surface area (Å²) in [4.78, 5) is 0. The summed E-state index contributed by atoms with van der Waals surface area (Å²) in [7, 11) is 0. The van der Waals surface area contributed by atoms with Gasteiger partial charge in [-0.2, -0.15) is 0 Å². The number of aliphatic hydroxyl groups is 1. The maximum atomic E-state index is 10.3. The van der Waals surface area contributed by atoms with Gasteiger partial charge in [-0.1, -0.05) is 56.3 Å². The van der Waals surface area contributed by atoms with E-state index in [0.717, 1.165) is 30.1 Å². The molecular weight excluding hydrogens is 392 g/mol. The Morgan fingerprint density at radius 1 is 1.14 bits per heavy atom. The van der Waals surface area contributed by atoms with E-state index in [-0.39, 0.29) is 16.3 Å². The fourth-order valence-electron chi connectivity index (χ4n) is 3.76. The zero-order valence-corrected chi connectivity index (χ0v) is 18.4. The largest absolute Gasteiger partial charge is 0.388 e. The molecule has 2 saturated heterocycles. The number of hydrogen-bond acceptors (Lipinski definition) is 6. The number of ether oxygens (including phenoxy) is 3. The Morgan fingerprint density at radius 2 is 1.89 bits per heavy atom. The van der Waals surface area contributed by atoms with Gasteiger partial charge in [-0.25, -0.2) is 0 Å². The Bertz CT molecular complexity index is 598. The Hall–Kier alpha value is -0.500. The second-order valence-corrected chi connectivity index (χ2v) is 10.5. The van der Waals surface area contributed by atoms with E-state index >= 15 is 0 Å². The Morgan fingerprint density at radius 3 is 2.61 bits per heavy atom. The van der Waals surface area contributed by atoms with Gasteiger partial charge in [-0.3, -0.25) is 0 Å². The minimum absolute atomic E-state index is 0.0954. The average Bonchev–Trinajstić information content (AvgIpc) is 2.72. The second kappa shape index (κ2) is 11.0. The molecule has 0 saturated carbocycles. The number of hydrogen-bond donors (Lipinski definition) is 1. The molecule has 2 heterocycles. The van der Waals surface area contributed by atoms with Crippen molar-refractivity contribution in [2.45, 2.75) is 61.8 Å². The molecule has 28 heavy (non-hydrogen) atoms. The van der Waals surface area contributed by atoms with E-state index in [1.165, 1.54) is 6.42 Å². The lowest BCUT2D eigenvalue weighted by molar-refractivity contribution is -0.255. The van der Waals surface area contributed by atoms with Crippen LogP contribution in [0.5, 0.6) is 0 Å². The molecule has 3 rings (SSSR count).